The van der Waals surface area contributed by atoms with Crippen molar-refractivity contribution in [2.45, 2.75) is 55.6 Å². The van der Waals surface area contributed by atoms with Crippen molar-refractivity contribution < 1.29 is 76.6 Å². The zero-order chi connectivity index (χ0) is 32.7. The molecule has 2 aromatic rings. The number of nitro benzene ring substituents is 1. The molecule has 246 valence electrons. The van der Waals surface area contributed by atoms with Crippen molar-refractivity contribution in [2.24, 2.45) is 4.99 Å². The first-order valence-electron chi connectivity index (χ1n) is 12.9. The molecule has 2 fully saturated rings. The maximum atomic E-state index is 12.4. The van der Waals surface area contributed by atoms with Crippen LogP contribution in [0.3, 0.4) is 0 Å². The predicted molar refractivity (Wildman–Crippen MR) is 142 cm³/mol. The number of ether oxygens (including phenoxy) is 3. The fourth-order valence-corrected chi connectivity index (χ4v) is 6.61. The molecule has 0 radical (unpaired) electrons. The number of benzene rings is 1. The number of fused-ring (bicyclic) bond motifs is 1. The molecule has 6 N–H and O–H groups in total. The number of rotatable bonds is 12. The summed E-state index contributed by atoms with van der Waals surface area (Å²) >= 11 is 0. The Kier molecular flexibility index (Phi) is 9.64. The van der Waals surface area contributed by atoms with Gasteiger partial charge in [-0.3, -0.25) is 28.5 Å². The summed E-state index contributed by atoms with van der Waals surface area (Å²) in [6.07, 6.45) is -10.1. The molecule has 5 rings (SSSR count). The number of nitro groups is 1. The lowest BCUT2D eigenvalue weighted by molar-refractivity contribution is -0.384. The SMILES string of the molecule is O=C1CC=Nc2c1ncn2[C@@H]1OC(COP(=O)(O)OP(=O)(O)OC[C@H]2OC(Oc3ccc([N+](=O)[O-])cc3)[C@H](O)[C@@H]2O)[C@@H](O)[C@H]1O. The van der Waals surface area contributed by atoms with E-state index < -0.39 is 82.9 Å². The highest BCUT2D eigenvalue weighted by Gasteiger charge is 2.48. The van der Waals surface area contributed by atoms with Crippen LogP contribution in [0, 0.1) is 10.1 Å². The molecule has 3 aliphatic heterocycles. The number of aliphatic imine (C=N–C) groups is 1. The second-order valence-electron chi connectivity index (χ2n) is 9.81. The lowest BCUT2D eigenvalue weighted by atomic mass is 10.1. The number of ketones is 1. The Balaban J connectivity index is 1.12. The van der Waals surface area contributed by atoms with E-state index in [-0.39, 0.29) is 35.2 Å². The number of carbonyl (C=O) groups excluding carboxylic acids is 1. The van der Waals surface area contributed by atoms with Gasteiger partial charge in [-0.15, -0.1) is 0 Å². The zero-order valence-electron chi connectivity index (χ0n) is 22.6. The zero-order valence-corrected chi connectivity index (χ0v) is 24.4. The standard InChI is InChI=1S/C22H26N4O17P2/c27-12-5-6-23-20-15(12)24-9-25(20)21-18(30)16(28)13(41-21)7-38-44(34,35)43-45(36,37)39-8-14-17(29)19(31)22(42-14)40-11-3-1-10(2-4-11)26(32)33/h1-4,6,9,13-14,16-19,21-22,28-31H,5,7-8H2,(H,34,35)(H,36,37)/t13?,14-,16-,17-,18-,19-,21-,22?/m1/s1. The minimum Gasteiger partial charge on any atom is -0.462 e. The molecular weight excluding hydrogens is 654 g/mol. The van der Waals surface area contributed by atoms with Crippen molar-refractivity contribution in [3.05, 3.63) is 46.4 Å². The summed E-state index contributed by atoms with van der Waals surface area (Å²) in [4.78, 5) is 50.1. The Morgan fingerprint density at radius 2 is 1.56 bits per heavy atom. The highest BCUT2D eigenvalue weighted by Crippen LogP contribution is 2.60. The van der Waals surface area contributed by atoms with Crippen LogP contribution in [0.2, 0.25) is 0 Å². The molecule has 21 nitrogen and oxygen atoms in total. The number of imidazole rings is 1. The van der Waals surface area contributed by atoms with E-state index in [1.54, 1.807) is 0 Å². The van der Waals surface area contributed by atoms with Crippen molar-refractivity contribution in [1.82, 2.24) is 9.55 Å². The molecule has 0 saturated carbocycles. The number of hydrogen-bond acceptors (Lipinski definition) is 17. The first kappa shape index (κ1) is 33.4. The molecule has 0 amide bonds. The Hall–Kier alpha value is -3.01. The van der Waals surface area contributed by atoms with Crippen LogP contribution in [0.4, 0.5) is 11.5 Å². The van der Waals surface area contributed by atoms with E-state index in [4.69, 9.17) is 14.2 Å². The second kappa shape index (κ2) is 13.0. The maximum Gasteiger partial charge on any atom is 0.481 e. The van der Waals surface area contributed by atoms with Crippen LogP contribution in [-0.2, 0) is 32.0 Å². The number of aromatic nitrogens is 2. The van der Waals surface area contributed by atoms with Gasteiger partial charge in [-0.05, 0) is 12.1 Å². The van der Waals surface area contributed by atoms with Crippen molar-refractivity contribution >= 4 is 39.1 Å². The Morgan fingerprint density at radius 1 is 0.956 bits per heavy atom. The molecule has 0 bridgehead atoms. The van der Waals surface area contributed by atoms with E-state index in [1.165, 1.54) is 22.9 Å². The van der Waals surface area contributed by atoms with Gasteiger partial charge in [0.15, 0.2) is 23.5 Å². The van der Waals surface area contributed by atoms with Gasteiger partial charge in [0.2, 0.25) is 6.29 Å². The largest absolute Gasteiger partial charge is 0.481 e. The highest BCUT2D eigenvalue weighted by atomic mass is 31.3. The molecule has 2 saturated heterocycles. The van der Waals surface area contributed by atoms with Crippen molar-refractivity contribution in [2.75, 3.05) is 13.2 Å². The van der Waals surface area contributed by atoms with E-state index in [0.717, 1.165) is 18.5 Å². The Bertz CT molecular complexity index is 1550. The molecule has 45 heavy (non-hydrogen) atoms. The number of phosphoric acid groups is 2. The molecule has 1 aromatic heterocycles. The first-order chi connectivity index (χ1) is 21.2. The number of aliphatic hydroxyl groups is 4. The molecule has 0 aliphatic carbocycles. The van der Waals surface area contributed by atoms with Gasteiger partial charge in [0.1, 0.15) is 42.4 Å². The maximum absolute atomic E-state index is 12.4. The minimum atomic E-state index is -5.40. The van der Waals surface area contributed by atoms with E-state index in [1.807, 2.05) is 0 Å². The van der Waals surface area contributed by atoms with Crippen LogP contribution < -0.4 is 4.74 Å². The lowest BCUT2D eigenvalue weighted by Gasteiger charge is -2.20. The van der Waals surface area contributed by atoms with Gasteiger partial charge in [-0.25, -0.2) is 19.1 Å². The quantitative estimate of drug-likeness (QED) is 0.0933. The van der Waals surface area contributed by atoms with Gasteiger partial charge in [-0.1, -0.05) is 0 Å². The first-order valence-corrected chi connectivity index (χ1v) is 15.9. The summed E-state index contributed by atoms with van der Waals surface area (Å²) in [5, 5.41) is 52.0. The average molecular weight is 680 g/mol. The number of non-ortho nitro benzene ring substituents is 1. The lowest BCUT2D eigenvalue weighted by Crippen LogP contribution is -2.35. The van der Waals surface area contributed by atoms with E-state index >= 15 is 0 Å². The van der Waals surface area contributed by atoms with Crippen molar-refractivity contribution in [3.8, 4) is 5.75 Å². The Labute approximate surface area is 251 Å². The van der Waals surface area contributed by atoms with Crippen molar-refractivity contribution in [3.63, 3.8) is 0 Å². The summed E-state index contributed by atoms with van der Waals surface area (Å²) in [6, 6.07) is 4.65. The number of phosphoric ester groups is 2. The van der Waals surface area contributed by atoms with E-state index in [2.05, 4.69) is 23.3 Å². The van der Waals surface area contributed by atoms with Gasteiger partial charge in [0, 0.05) is 24.8 Å². The van der Waals surface area contributed by atoms with Crippen LogP contribution in [0.15, 0.2) is 35.6 Å². The summed E-state index contributed by atoms with van der Waals surface area (Å²) in [7, 11) is -10.8. The van der Waals surface area contributed by atoms with E-state index in [0.29, 0.717) is 0 Å². The van der Waals surface area contributed by atoms with Gasteiger partial charge in [0.25, 0.3) is 5.69 Å². The number of aliphatic hydroxyl groups excluding tert-OH is 4. The molecule has 23 heteroatoms. The van der Waals surface area contributed by atoms with E-state index in [9.17, 15) is 54.3 Å². The molecular formula is C22H26N4O17P2. The van der Waals surface area contributed by atoms with Gasteiger partial charge < -0.3 is 44.4 Å². The molecule has 1 aromatic carbocycles. The summed E-state index contributed by atoms with van der Waals surface area (Å²) in [6.45, 7) is -1.88. The Morgan fingerprint density at radius 3 is 2.18 bits per heavy atom. The van der Waals surface area contributed by atoms with Gasteiger partial charge in [0.05, 0.1) is 24.5 Å². The van der Waals surface area contributed by atoms with Crippen LogP contribution in [-0.4, -0.2) is 113 Å². The highest BCUT2D eigenvalue weighted by molar-refractivity contribution is 7.61. The number of Topliss-reactive ketones (excluding diaryl/α,β-unsaturated/α-hetero) is 1. The predicted octanol–water partition coefficient (Wildman–Crippen LogP) is -0.525. The van der Waals surface area contributed by atoms with Gasteiger partial charge >= 0.3 is 15.6 Å². The van der Waals surface area contributed by atoms with Crippen molar-refractivity contribution in [1.29, 1.82) is 0 Å². The second-order valence-corrected chi connectivity index (χ2v) is 12.9. The molecule has 4 heterocycles. The topological polar surface area (TPSA) is 301 Å². The number of nitrogens with zero attached hydrogens (tertiary/aromatic N) is 4. The molecule has 3 aliphatic rings. The third-order valence-corrected chi connectivity index (χ3v) is 9.36. The molecule has 4 unspecified atom stereocenters. The molecule has 10 atom stereocenters. The average Bonchev–Trinajstić information content (AvgIpc) is 3.61. The monoisotopic (exact) mass is 680 g/mol. The molecule has 0 spiro atoms. The summed E-state index contributed by atoms with van der Waals surface area (Å²) < 4.78 is 55.6. The summed E-state index contributed by atoms with van der Waals surface area (Å²) in [5.41, 5.74) is -0.215. The fraction of sp³-hybridized carbons (Fsp3) is 0.500. The smallest absolute Gasteiger partial charge is 0.462 e. The van der Waals surface area contributed by atoms with Gasteiger partial charge in [-0.2, -0.15) is 4.31 Å². The summed E-state index contributed by atoms with van der Waals surface area (Å²) in [5.74, 6) is -0.246. The minimum absolute atomic E-state index is 0.0204. The van der Waals surface area contributed by atoms with Crippen LogP contribution in [0.5, 0.6) is 5.75 Å². The normalized spacial score (nSPS) is 32.2. The fourth-order valence-electron chi connectivity index (χ4n) is 4.52. The van der Waals surface area contributed by atoms with Crippen LogP contribution >= 0.6 is 15.6 Å². The number of carbonyl (C=O) groups is 1. The third-order valence-electron chi connectivity index (χ3n) is 6.76. The third kappa shape index (κ3) is 7.36. The number of hydrogen-bond donors (Lipinski definition) is 6. The van der Waals surface area contributed by atoms with Crippen LogP contribution in [0.1, 0.15) is 23.1 Å². The van der Waals surface area contributed by atoms with Crippen LogP contribution in [0.25, 0.3) is 0 Å².